The lowest BCUT2D eigenvalue weighted by molar-refractivity contribution is -0.384. The van der Waals surface area contributed by atoms with Gasteiger partial charge in [-0.1, -0.05) is 30.3 Å². The van der Waals surface area contributed by atoms with Crippen molar-refractivity contribution in [2.75, 3.05) is 11.5 Å². The van der Waals surface area contributed by atoms with Gasteiger partial charge >= 0.3 is 0 Å². The lowest BCUT2D eigenvalue weighted by atomic mass is 10.1. The monoisotopic (exact) mass is 357 g/mol. The molecule has 0 aliphatic carbocycles. The second kappa shape index (κ2) is 7.43. The van der Waals surface area contributed by atoms with Crippen LogP contribution in [-0.2, 0) is 12.2 Å². The Morgan fingerprint density at radius 3 is 2.72 bits per heavy atom. The summed E-state index contributed by atoms with van der Waals surface area (Å²) >= 11 is 1.69. The highest BCUT2D eigenvalue weighted by Gasteiger charge is 2.26. The summed E-state index contributed by atoms with van der Waals surface area (Å²) in [6.45, 7) is 1.98. The Kier molecular flexibility index (Phi) is 5.08. The normalized spacial score (nSPS) is 10.9. The third-order valence-electron chi connectivity index (χ3n) is 3.99. The molecule has 8 heteroatoms. The molecule has 0 unspecified atom stereocenters. The number of nitrogens with two attached hydrogens (primary N) is 1. The first-order valence-corrected chi connectivity index (χ1v) is 9.00. The van der Waals surface area contributed by atoms with Crippen molar-refractivity contribution in [2.45, 2.75) is 19.1 Å². The fourth-order valence-electron chi connectivity index (χ4n) is 2.72. The molecule has 0 aliphatic heterocycles. The van der Waals surface area contributed by atoms with E-state index in [0.717, 1.165) is 28.5 Å². The molecule has 0 fully saturated rings. The number of aryl methyl sites for hydroxylation is 2. The number of nitrogens with one attached hydrogen (secondary N) is 2. The lowest BCUT2D eigenvalue weighted by Gasteiger charge is -2.01. The van der Waals surface area contributed by atoms with Gasteiger partial charge in [-0.15, -0.1) is 0 Å². The number of hydrogen-bond acceptors (Lipinski definition) is 5. The third-order valence-corrected chi connectivity index (χ3v) is 4.96. The zero-order chi connectivity index (χ0) is 17.8. The fraction of sp³-hybridized carbons (Fsp3) is 0.235. The Labute approximate surface area is 149 Å². The van der Waals surface area contributed by atoms with Crippen LogP contribution in [0.5, 0.6) is 0 Å². The average Bonchev–Trinajstić information content (AvgIpc) is 3.15. The van der Waals surface area contributed by atoms with Crippen LogP contribution in [0.4, 0.5) is 11.5 Å². The summed E-state index contributed by atoms with van der Waals surface area (Å²) in [4.78, 5) is 21.5. The third kappa shape index (κ3) is 3.69. The molecule has 7 nitrogen and oxygen atoms in total. The predicted molar refractivity (Wildman–Crippen MR) is 100 cm³/mol. The summed E-state index contributed by atoms with van der Waals surface area (Å²) in [7, 11) is 0. The molecule has 0 aliphatic rings. The summed E-state index contributed by atoms with van der Waals surface area (Å²) in [5.74, 6) is 1.84. The number of rotatable bonds is 7. The molecule has 25 heavy (non-hydrogen) atoms. The fourth-order valence-corrected chi connectivity index (χ4v) is 3.70. The summed E-state index contributed by atoms with van der Waals surface area (Å²) in [6, 6.07) is 9.20. The Morgan fingerprint density at radius 2 is 2.08 bits per heavy atom. The van der Waals surface area contributed by atoms with Crippen molar-refractivity contribution < 1.29 is 4.92 Å². The van der Waals surface area contributed by atoms with E-state index in [1.165, 1.54) is 0 Å². The lowest BCUT2D eigenvalue weighted by Crippen LogP contribution is -1.97. The van der Waals surface area contributed by atoms with Gasteiger partial charge in [0.2, 0.25) is 0 Å². The molecule has 130 valence electrons. The van der Waals surface area contributed by atoms with Gasteiger partial charge in [0.1, 0.15) is 11.4 Å². The molecule has 2 heterocycles. The van der Waals surface area contributed by atoms with E-state index in [-0.39, 0.29) is 10.6 Å². The van der Waals surface area contributed by atoms with Crippen LogP contribution in [0.1, 0.15) is 17.1 Å². The quantitative estimate of drug-likeness (QED) is 0.339. The molecule has 2 aromatic heterocycles. The number of benzene rings is 1. The molecule has 0 bridgehead atoms. The number of thioether (sulfide) groups is 1. The largest absolute Gasteiger partial charge is 0.385 e. The second-order valence-corrected chi connectivity index (χ2v) is 6.75. The van der Waals surface area contributed by atoms with Crippen molar-refractivity contribution in [3.8, 4) is 11.1 Å². The number of aromatic nitrogens is 3. The minimum Gasteiger partial charge on any atom is -0.385 e. The van der Waals surface area contributed by atoms with Crippen molar-refractivity contribution >= 4 is 23.3 Å². The summed E-state index contributed by atoms with van der Waals surface area (Å²) < 4.78 is 0. The van der Waals surface area contributed by atoms with E-state index >= 15 is 0 Å². The minimum atomic E-state index is -0.354. The number of H-pyrrole nitrogens is 2. The van der Waals surface area contributed by atoms with Gasteiger partial charge in [0.25, 0.3) is 5.69 Å². The van der Waals surface area contributed by atoms with Gasteiger partial charge in [-0.25, -0.2) is 4.98 Å². The van der Waals surface area contributed by atoms with E-state index in [1.54, 1.807) is 18.1 Å². The van der Waals surface area contributed by atoms with Crippen LogP contribution in [-0.4, -0.2) is 25.6 Å². The van der Waals surface area contributed by atoms with Gasteiger partial charge in [0.05, 0.1) is 22.6 Å². The highest BCUT2D eigenvalue weighted by atomic mass is 32.2. The highest BCUT2D eigenvalue weighted by Crippen LogP contribution is 2.38. The van der Waals surface area contributed by atoms with Crippen molar-refractivity contribution in [3.63, 3.8) is 0 Å². The topological polar surface area (TPSA) is 114 Å². The number of nitrogens with zero attached hydrogens (tertiary/aromatic N) is 2. The minimum absolute atomic E-state index is 0.0697. The molecular formula is C17H19N5O2S. The molecule has 3 aromatic rings. The first kappa shape index (κ1) is 17.1. The summed E-state index contributed by atoms with van der Waals surface area (Å²) in [5, 5.41) is 11.6. The van der Waals surface area contributed by atoms with Crippen molar-refractivity contribution in [3.05, 3.63) is 63.9 Å². The molecule has 3 rings (SSSR count). The van der Waals surface area contributed by atoms with Gasteiger partial charge in [0.15, 0.2) is 0 Å². The van der Waals surface area contributed by atoms with E-state index in [9.17, 15) is 10.1 Å². The molecule has 1 aromatic carbocycles. The van der Waals surface area contributed by atoms with E-state index < -0.39 is 0 Å². The molecule has 0 radical (unpaired) electrons. The molecule has 0 amide bonds. The highest BCUT2D eigenvalue weighted by molar-refractivity contribution is 7.98. The van der Waals surface area contributed by atoms with Crippen LogP contribution in [0.15, 0.2) is 36.7 Å². The van der Waals surface area contributed by atoms with E-state index in [1.807, 2.05) is 37.3 Å². The van der Waals surface area contributed by atoms with E-state index in [2.05, 4.69) is 15.0 Å². The van der Waals surface area contributed by atoms with Crippen molar-refractivity contribution in [2.24, 2.45) is 0 Å². The number of anilines is 1. The van der Waals surface area contributed by atoms with Gasteiger partial charge < -0.3 is 15.7 Å². The van der Waals surface area contributed by atoms with Crippen molar-refractivity contribution in [1.82, 2.24) is 15.0 Å². The van der Waals surface area contributed by atoms with Crippen LogP contribution in [0.2, 0.25) is 0 Å². The Hall–Kier alpha value is -2.74. The van der Waals surface area contributed by atoms with Gasteiger partial charge in [-0.05, 0) is 18.2 Å². The maximum atomic E-state index is 11.6. The number of nitrogen functional groups attached to an aromatic ring is 1. The first-order valence-electron chi connectivity index (χ1n) is 7.84. The van der Waals surface area contributed by atoms with Gasteiger partial charge in [-0.3, -0.25) is 10.1 Å². The maximum Gasteiger partial charge on any atom is 0.299 e. The van der Waals surface area contributed by atoms with Crippen LogP contribution in [0, 0.1) is 17.0 Å². The predicted octanol–water partition coefficient (Wildman–Crippen LogP) is 3.68. The van der Waals surface area contributed by atoms with Crippen LogP contribution >= 0.6 is 11.8 Å². The second-order valence-electron chi connectivity index (χ2n) is 5.64. The van der Waals surface area contributed by atoms with E-state index in [0.29, 0.717) is 23.5 Å². The number of imidazole rings is 1. The maximum absolute atomic E-state index is 11.6. The first-order chi connectivity index (χ1) is 12.1. The Balaban J connectivity index is 1.75. The zero-order valence-corrected chi connectivity index (χ0v) is 14.6. The molecule has 0 saturated heterocycles. The Morgan fingerprint density at radius 1 is 1.32 bits per heavy atom. The molecular weight excluding hydrogens is 338 g/mol. The van der Waals surface area contributed by atoms with E-state index in [4.69, 9.17) is 5.73 Å². The number of hydrogen-bond donors (Lipinski definition) is 3. The van der Waals surface area contributed by atoms with Crippen LogP contribution in [0.25, 0.3) is 11.1 Å². The summed E-state index contributed by atoms with van der Waals surface area (Å²) in [5.41, 5.74) is 9.94. The zero-order valence-electron chi connectivity index (χ0n) is 13.8. The van der Waals surface area contributed by atoms with Gasteiger partial charge in [0, 0.05) is 17.9 Å². The van der Waals surface area contributed by atoms with Crippen molar-refractivity contribution in [1.29, 1.82) is 0 Å². The molecule has 4 N–H and O–H groups in total. The summed E-state index contributed by atoms with van der Waals surface area (Å²) in [6.07, 6.45) is 2.22. The molecule has 0 spiro atoms. The van der Waals surface area contributed by atoms with Crippen LogP contribution < -0.4 is 5.73 Å². The Bertz CT molecular complexity index is 873. The van der Waals surface area contributed by atoms with Gasteiger partial charge in [-0.2, -0.15) is 11.8 Å². The SMILES string of the molecule is Cc1[nH]cnc1CSCCc1[nH]c(N)c(-c2ccccc2)c1[N+](=O)[O-]. The number of aromatic amines is 2. The molecule has 0 saturated carbocycles. The smallest absolute Gasteiger partial charge is 0.299 e. The average molecular weight is 357 g/mol. The standard InChI is InChI=1S/C17H19N5O2S/c1-11-14(20-10-19-11)9-25-8-7-13-16(22(23)24)15(17(18)21-13)12-5-3-2-4-6-12/h2-6,10,21H,7-9,18H2,1H3,(H,19,20). The molecule has 0 atom stereocenters. The van der Waals surface area contributed by atoms with Crippen LogP contribution in [0.3, 0.4) is 0 Å². The number of nitro groups is 1.